The van der Waals surface area contributed by atoms with Crippen molar-refractivity contribution in [3.05, 3.63) is 24.3 Å². The molecule has 0 spiro atoms. The van der Waals surface area contributed by atoms with Crippen LogP contribution in [0.3, 0.4) is 0 Å². The van der Waals surface area contributed by atoms with Crippen LogP contribution in [0.1, 0.15) is 39.5 Å². The third-order valence-electron chi connectivity index (χ3n) is 3.69. The van der Waals surface area contributed by atoms with Crippen LogP contribution < -0.4 is 10.6 Å². The van der Waals surface area contributed by atoms with Crippen LogP contribution in [0.4, 0.5) is 16.2 Å². The van der Waals surface area contributed by atoms with Crippen LogP contribution in [0.5, 0.6) is 0 Å². The highest BCUT2D eigenvalue weighted by molar-refractivity contribution is 5.92. The summed E-state index contributed by atoms with van der Waals surface area (Å²) in [7, 11) is 0. The molecule has 1 aliphatic heterocycles. The van der Waals surface area contributed by atoms with Crippen molar-refractivity contribution in [2.45, 2.75) is 45.6 Å². The zero-order valence-electron chi connectivity index (χ0n) is 12.7. The highest BCUT2D eigenvalue weighted by Gasteiger charge is 2.27. The molecule has 1 fully saturated rings. The van der Waals surface area contributed by atoms with E-state index in [0.29, 0.717) is 17.4 Å². The summed E-state index contributed by atoms with van der Waals surface area (Å²) >= 11 is 0. The second kappa shape index (κ2) is 7.11. The number of carbonyl (C=O) groups excluding carboxylic acids is 2. The predicted octanol–water partition coefficient (Wildman–Crippen LogP) is 3.44. The lowest BCUT2D eigenvalue weighted by atomic mass is 10.1. The van der Waals surface area contributed by atoms with Crippen molar-refractivity contribution < 1.29 is 9.59 Å². The number of nitrogens with one attached hydrogen (secondary N) is 2. The summed E-state index contributed by atoms with van der Waals surface area (Å²) in [5.74, 6) is -0.124. The van der Waals surface area contributed by atoms with Gasteiger partial charge in [0.2, 0.25) is 5.91 Å². The molecule has 1 atom stereocenters. The summed E-state index contributed by atoms with van der Waals surface area (Å²) in [4.78, 5) is 25.4. The predicted molar refractivity (Wildman–Crippen MR) is 84.4 cm³/mol. The molecule has 3 amide bonds. The minimum absolute atomic E-state index is 0.0501. The first-order chi connectivity index (χ1) is 10.1. The maximum Gasteiger partial charge on any atom is 0.322 e. The average molecular weight is 289 g/mol. The molecule has 5 nitrogen and oxygen atoms in total. The van der Waals surface area contributed by atoms with Crippen molar-refractivity contribution in [1.82, 2.24) is 4.90 Å². The monoisotopic (exact) mass is 289 g/mol. The molecule has 0 bridgehead atoms. The number of rotatable bonds is 4. The van der Waals surface area contributed by atoms with Gasteiger partial charge in [0, 0.05) is 30.9 Å². The van der Waals surface area contributed by atoms with Gasteiger partial charge in [0.15, 0.2) is 0 Å². The fourth-order valence-electron chi connectivity index (χ4n) is 2.81. The Morgan fingerprint density at radius 1 is 1.29 bits per heavy atom. The first-order valence-electron chi connectivity index (χ1n) is 7.55. The second-order valence-corrected chi connectivity index (χ2v) is 5.47. The van der Waals surface area contributed by atoms with Crippen LogP contribution in [0.15, 0.2) is 24.3 Å². The Balaban J connectivity index is 2.00. The highest BCUT2D eigenvalue weighted by atomic mass is 16.2. The summed E-state index contributed by atoms with van der Waals surface area (Å²) in [6.45, 7) is 4.43. The zero-order chi connectivity index (χ0) is 15.2. The normalized spacial score (nSPS) is 17.6. The maximum absolute atomic E-state index is 12.4. The van der Waals surface area contributed by atoms with Gasteiger partial charge in [-0.2, -0.15) is 0 Å². The van der Waals surface area contributed by atoms with Crippen molar-refractivity contribution in [3.63, 3.8) is 0 Å². The average Bonchev–Trinajstić information content (AvgIpc) is 2.87. The van der Waals surface area contributed by atoms with Crippen molar-refractivity contribution in [1.29, 1.82) is 0 Å². The molecular formula is C16H23N3O2. The van der Waals surface area contributed by atoms with Gasteiger partial charge in [-0.25, -0.2) is 4.79 Å². The molecule has 1 aliphatic rings. The smallest absolute Gasteiger partial charge is 0.322 e. The Kier molecular flexibility index (Phi) is 5.20. The lowest BCUT2D eigenvalue weighted by Gasteiger charge is -2.24. The van der Waals surface area contributed by atoms with Crippen LogP contribution in [-0.4, -0.2) is 29.4 Å². The number of urea groups is 1. The standard InChI is InChI=1S/C16H23N3O2/c1-3-6-15-9-5-10-19(15)16(21)18-14-8-4-7-13(11-14)17-12(2)20/h4,7-8,11,15H,3,5-6,9-10H2,1-2H3,(H,17,20)(H,18,21)/t15-/m1/s1. The summed E-state index contributed by atoms with van der Waals surface area (Å²) < 4.78 is 0. The van der Waals surface area contributed by atoms with E-state index in [4.69, 9.17) is 0 Å². The fraction of sp³-hybridized carbons (Fsp3) is 0.500. The number of amides is 3. The SMILES string of the molecule is CCC[C@@H]1CCCN1C(=O)Nc1cccc(NC(C)=O)c1. The first kappa shape index (κ1) is 15.4. The van der Waals surface area contributed by atoms with Gasteiger partial charge < -0.3 is 15.5 Å². The largest absolute Gasteiger partial charge is 0.326 e. The number of benzene rings is 1. The highest BCUT2D eigenvalue weighted by Crippen LogP contribution is 2.23. The van der Waals surface area contributed by atoms with Crippen LogP contribution in [-0.2, 0) is 4.79 Å². The van der Waals surface area contributed by atoms with Gasteiger partial charge in [-0.15, -0.1) is 0 Å². The third kappa shape index (κ3) is 4.21. The molecule has 0 aliphatic carbocycles. The van der Waals surface area contributed by atoms with E-state index >= 15 is 0 Å². The van der Waals surface area contributed by atoms with Crippen molar-refractivity contribution in [2.24, 2.45) is 0 Å². The Bertz CT molecular complexity index is 516. The van der Waals surface area contributed by atoms with Gasteiger partial charge in [0.1, 0.15) is 0 Å². The van der Waals surface area contributed by atoms with E-state index in [-0.39, 0.29) is 11.9 Å². The van der Waals surface area contributed by atoms with Crippen molar-refractivity contribution >= 4 is 23.3 Å². The summed E-state index contributed by atoms with van der Waals surface area (Å²) in [6.07, 6.45) is 4.31. The van der Waals surface area contributed by atoms with E-state index in [1.165, 1.54) is 6.92 Å². The van der Waals surface area contributed by atoms with Gasteiger partial charge in [-0.05, 0) is 37.5 Å². The number of likely N-dealkylation sites (tertiary alicyclic amines) is 1. The number of carbonyl (C=O) groups is 2. The van der Waals surface area contributed by atoms with E-state index in [9.17, 15) is 9.59 Å². The molecule has 1 saturated heterocycles. The molecule has 1 heterocycles. The van der Waals surface area contributed by atoms with Gasteiger partial charge in [0.25, 0.3) is 0 Å². The molecule has 2 rings (SSSR count). The lowest BCUT2D eigenvalue weighted by Crippen LogP contribution is -2.38. The molecule has 2 N–H and O–H groups in total. The molecule has 5 heteroatoms. The number of nitrogens with zero attached hydrogens (tertiary/aromatic N) is 1. The Morgan fingerprint density at radius 2 is 2.00 bits per heavy atom. The molecule has 114 valence electrons. The molecular weight excluding hydrogens is 266 g/mol. The Labute approximate surface area is 125 Å². The molecule has 0 saturated carbocycles. The lowest BCUT2D eigenvalue weighted by molar-refractivity contribution is -0.114. The molecule has 21 heavy (non-hydrogen) atoms. The van der Waals surface area contributed by atoms with Crippen molar-refractivity contribution in [3.8, 4) is 0 Å². The molecule has 1 aromatic carbocycles. The fourth-order valence-corrected chi connectivity index (χ4v) is 2.81. The topological polar surface area (TPSA) is 61.4 Å². The Hall–Kier alpha value is -2.04. The zero-order valence-corrected chi connectivity index (χ0v) is 12.7. The summed E-state index contributed by atoms with van der Waals surface area (Å²) in [5, 5.41) is 5.63. The molecule has 0 unspecified atom stereocenters. The quantitative estimate of drug-likeness (QED) is 0.892. The van der Waals surface area contributed by atoms with Crippen LogP contribution in [0.25, 0.3) is 0 Å². The van der Waals surface area contributed by atoms with E-state index in [1.54, 1.807) is 12.1 Å². The first-order valence-corrected chi connectivity index (χ1v) is 7.55. The van der Waals surface area contributed by atoms with Crippen LogP contribution >= 0.6 is 0 Å². The van der Waals surface area contributed by atoms with E-state index in [0.717, 1.165) is 32.2 Å². The third-order valence-corrected chi connectivity index (χ3v) is 3.69. The van der Waals surface area contributed by atoms with Gasteiger partial charge in [-0.3, -0.25) is 4.79 Å². The van der Waals surface area contributed by atoms with Gasteiger partial charge in [0.05, 0.1) is 0 Å². The number of hydrogen-bond acceptors (Lipinski definition) is 2. The minimum Gasteiger partial charge on any atom is -0.326 e. The molecule has 0 aromatic heterocycles. The van der Waals surface area contributed by atoms with E-state index in [2.05, 4.69) is 17.6 Å². The maximum atomic E-state index is 12.4. The van der Waals surface area contributed by atoms with Crippen LogP contribution in [0, 0.1) is 0 Å². The van der Waals surface area contributed by atoms with E-state index in [1.807, 2.05) is 17.0 Å². The molecule has 1 aromatic rings. The Morgan fingerprint density at radius 3 is 2.67 bits per heavy atom. The van der Waals surface area contributed by atoms with Gasteiger partial charge >= 0.3 is 6.03 Å². The van der Waals surface area contributed by atoms with E-state index < -0.39 is 0 Å². The number of anilines is 2. The summed E-state index contributed by atoms with van der Waals surface area (Å²) in [5.41, 5.74) is 1.39. The van der Waals surface area contributed by atoms with Crippen LogP contribution in [0.2, 0.25) is 0 Å². The summed E-state index contributed by atoms with van der Waals surface area (Å²) in [6, 6.07) is 7.51. The van der Waals surface area contributed by atoms with Gasteiger partial charge in [-0.1, -0.05) is 19.4 Å². The minimum atomic E-state index is -0.124. The number of hydrogen-bond donors (Lipinski definition) is 2. The second-order valence-electron chi connectivity index (χ2n) is 5.47. The van der Waals surface area contributed by atoms with Crippen molar-refractivity contribution in [2.75, 3.05) is 17.2 Å². The molecule has 0 radical (unpaired) electrons.